The highest BCUT2D eigenvalue weighted by Crippen LogP contribution is 2.25. The summed E-state index contributed by atoms with van der Waals surface area (Å²) in [5, 5.41) is 14.8. The van der Waals surface area contributed by atoms with Crippen LogP contribution in [0.15, 0.2) is 6.07 Å². The summed E-state index contributed by atoms with van der Waals surface area (Å²) in [6.07, 6.45) is 4.04. The van der Waals surface area contributed by atoms with E-state index in [1.54, 1.807) is 0 Å². The van der Waals surface area contributed by atoms with Crippen molar-refractivity contribution >= 4 is 11.8 Å². The molecule has 8 heteroatoms. The molecule has 2 N–H and O–H groups in total. The number of aryl methyl sites for hydroxylation is 2. The van der Waals surface area contributed by atoms with Gasteiger partial charge in [0.2, 0.25) is 5.91 Å². The molecule has 0 saturated carbocycles. The minimum absolute atomic E-state index is 0.000267. The zero-order chi connectivity index (χ0) is 19.0. The first kappa shape index (κ1) is 17.8. The third-order valence-electron chi connectivity index (χ3n) is 5.20. The van der Waals surface area contributed by atoms with Crippen molar-refractivity contribution in [2.75, 3.05) is 6.54 Å². The summed E-state index contributed by atoms with van der Waals surface area (Å²) >= 11 is 0. The molecule has 0 unspecified atom stereocenters. The Hall–Kier alpha value is -2.64. The predicted molar refractivity (Wildman–Crippen MR) is 99.2 cm³/mol. The highest BCUT2D eigenvalue weighted by atomic mass is 16.2. The number of hydrogen-bond acceptors (Lipinski definition) is 4. The number of amides is 2. The maximum absolute atomic E-state index is 12.9. The monoisotopic (exact) mass is 370 g/mol. The molecule has 0 fully saturated rings. The second kappa shape index (κ2) is 7.17. The molecule has 0 aromatic carbocycles. The van der Waals surface area contributed by atoms with E-state index in [4.69, 9.17) is 0 Å². The molecule has 2 aromatic rings. The number of fused-ring (bicyclic) bond motifs is 2. The lowest BCUT2D eigenvalue weighted by atomic mass is 10.1. The van der Waals surface area contributed by atoms with E-state index in [-0.39, 0.29) is 17.9 Å². The highest BCUT2D eigenvalue weighted by Gasteiger charge is 2.29. The van der Waals surface area contributed by atoms with Gasteiger partial charge in [0.05, 0.1) is 24.5 Å². The van der Waals surface area contributed by atoms with Gasteiger partial charge in [-0.15, -0.1) is 0 Å². The summed E-state index contributed by atoms with van der Waals surface area (Å²) in [4.78, 5) is 26.6. The summed E-state index contributed by atoms with van der Waals surface area (Å²) in [7, 11) is 0. The van der Waals surface area contributed by atoms with E-state index in [2.05, 4.69) is 20.6 Å². The second-order valence-electron chi connectivity index (χ2n) is 7.68. The summed E-state index contributed by atoms with van der Waals surface area (Å²) in [5.74, 6) is 0.0416. The van der Waals surface area contributed by atoms with Crippen molar-refractivity contribution in [3.8, 4) is 0 Å². The van der Waals surface area contributed by atoms with Crippen LogP contribution in [0.3, 0.4) is 0 Å². The average Bonchev–Trinajstić information content (AvgIpc) is 3.32. The third-order valence-corrected chi connectivity index (χ3v) is 5.20. The molecule has 0 spiro atoms. The Morgan fingerprint density at radius 1 is 1.30 bits per heavy atom. The lowest BCUT2D eigenvalue weighted by Gasteiger charge is -2.27. The van der Waals surface area contributed by atoms with Crippen LogP contribution in [0, 0.1) is 0 Å². The van der Waals surface area contributed by atoms with Gasteiger partial charge < -0.3 is 10.2 Å². The summed E-state index contributed by atoms with van der Waals surface area (Å²) in [6.45, 7) is 5.74. The van der Waals surface area contributed by atoms with Crippen LogP contribution in [-0.2, 0) is 37.1 Å². The van der Waals surface area contributed by atoms with Crippen LogP contribution in [0.5, 0.6) is 0 Å². The van der Waals surface area contributed by atoms with Crippen LogP contribution >= 0.6 is 0 Å². The number of aromatic amines is 1. The molecule has 0 bridgehead atoms. The fourth-order valence-corrected chi connectivity index (χ4v) is 3.90. The highest BCUT2D eigenvalue weighted by molar-refractivity contribution is 5.94. The van der Waals surface area contributed by atoms with Crippen molar-refractivity contribution in [3.63, 3.8) is 0 Å². The van der Waals surface area contributed by atoms with Crippen LogP contribution in [0.1, 0.15) is 59.8 Å². The van der Waals surface area contributed by atoms with Gasteiger partial charge in [0.1, 0.15) is 0 Å². The summed E-state index contributed by atoms with van der Waals surface area (Å²) < 4.78 is 1.95. The Morgan fingerprint density at radius 2 is 2.15 bits per heavy atom. The molecule has 8 nitrogen and oxygen atoms in total. The van der Waals surface area contributed by atoms with E-state index in [9.17, 15) is 9.59 Å². The Morgan fingerprint density at radius 3 is 2.96 bits per heavy atom. The molecule has 1 aliphatic carbocycles. The molecule has 144 valence electrons. The van der Waals surface area contributed by atoms with Gasteiger partial charge in [0.25, 0.3) is 5.91 Å². The summed E-state index contributed by atoms with van der Waals surface area (Å²) in [6, 6.07) is 2.16. The molecule has 4 rings (SSSR count). The number of carbonyl (C=O) groups excluding carboxylic acids is 2. The van der Waals surface area contributed by atoms with E-state index in [0.717, 1.165) is 41.9 Å². The summed E-state index contributed by atoms with van der Waals surface area (Å²) in [5.41, 5.74) is 4.71. The van der Waals surface area contributed by atoms with E-state index in [0.29, 0.717) is 38.2 Å². The number of carbonyl (C=O) groups is 2. The van der Waals surface area contributed by atoms with E-state index >= 15 is 0 Å². The molecular formula is C19H26N6O2. The molecule has 3 heterocycles. The van der Waals surface area contributed by atoms with Gasteiger partial charge in [-0.3, -0.25) is 19.4 Å². The van der Waals surface area contributed by atoms with Gasteiger partial charge in [0, 0.05) is 36.7 Å². The van der Waals surface area contributed by atoms with Crippen LogP contribution in [0.25, 0.3) is 0 Å². The number of rotatable bonds is 5. The predicted octanol–water partition coefficient (Wildman–Crippen LogP) is 1.21. The first-order valence-electron chi connectivity index (χ1n) is 9.71. The Labute approximate surface area is 158 Å². The molecule has 2 amide bonds. The second-order valence-corrected chi connectivity index (χ2v) is 7.68. The maximum atomic E-state index is 12.9. The van der Waals surface area contributed by atoms with E-state index in [1.807, 2.05) is 29.5 Å². The quantitative estimate of drug-likeness (QED) is 0.827. The van der Waals surface area contributed by atoms with Gasteiger partial charge in [-0.05, 0) is 39.2 Å². The van der Waals surface area contributed by atoms with E-state index < -0.39 is 0 Å². The van der Waals surface area contributed by atoms with Gasteiger partial charge in [-0.25, -0.2) is 0 Å². The first-order valence-corrected chi connectivity index (χ1v) is 9.71. The number of aromatic nitrogens is 4. The van der Waals surface area contributed by atoms with Crippen LogP contribution in [0.4, 0.5) is 0 Å². The molecule has 1 aliphatic heterocycles. The Balaban J connectivity index is 1.40. The van der Waals surface area contributed by atoms with Gasteiger partial charge in [0.15, 0.2) is 5.69 Å². The van der Waals surface area contributed by atoms with Crippen molar-refractivity contribution in [3.05, 3.63) is 34.4 Å². The molecule has 27 heavy (non-hydrogen) atoms. The molecule has 2 aromatic heterocycles. The molecule has 0 saturated heterocycles. The van der Waals surface area contributed by atoms with Crippen molar-refractivity contribution in [2.45, 2.75) is 65.1 Å². The number of hydrogen-bond donors (Lipinski definition) is 2. The minimum atomic E-state index is -0.000267. The Kier molecular flexibility index (Phi) is 4.72. The van der Waals surface area contributed by atoms with Crippen molar-refractivity contribution in [2.24, 2.45) is 0 Å². The zero-order valence-corrected chi connectivity index (χ0v) is 15.9. The minimum Gasteiger partial charge on any atom is -0.354 e. The van der Waals surface area contributed by atoms with Crippen molar-refractivity contribution in [1.82, 2.24) is 30.2 Å². The topological polar surface area (TPSA) is 95.9 Å². The molecule has 2 aliphatic rings. The Bertz CT molecular complexity index is 866. The van der Waals surface area contributed by atoms with Crippen molar-refractivity contribution in [1.29, 1.82) is 0 Å². The molecule has 0 radical (unpaired) electrons. The smallest absolute Gasteiger partial charge is 0.275 e. The van der Waals surface area contributed by atoms with Gasteiger partial charge in [-0.2, -0.15) is 10.2 Å². The van der Waals surface area contributed by atoms with Crippen molar-refractivity contribution < 1.29 is 9.59 Å². The average molecular weight is 370 g/mol. The molecule has 0 atom stereocenters. The fraction of sp³-hybridized carbons (Fsp3) is 0.579. The fourth-order valence-electron chi connectivity index (χ4n) is 3.90. The normalized spacial score (nSPS) is 15.7. The number of nitrogens with zero attached hydrogens (tertiary/aromatic N) is 4. The largest absolute Gasteiger partial charge is 0.354 e. The molecular weight excluding hydrogens is 344 g/mol. The number of H-pyrrole nitrogens is 1. The van der Waals surface area contributed by atoms with Crippen LogP contribution in [-0.4, -0.2) is 49.3 Å². The SMILES string of the molecule is CC(C)NC(=O)CCc1cc2n(n1)CCN(C(=O)c1n[nH]c3c1CCC3)C2. The van der Waals surface area contributed by atoms with Gasteiger partial charge in [-0.1, -0.05) is 0 Å². The van der Waals surface area contributed by atoms with Crippen LogP contribution < -0.4 is 5.32 Å². The van der Waals surface area contributed by atoms with Gasteiger partial charge >= 0.3 is 0 Å². The lowest BCUT2D eigenvalue weighted by Crippen LogP contribution is -2.38. The third kappa shape index (κ3) is 3.61. The van der Waals surface area contributed by atoms with E-state index in [1.165, 1.54) is 0 Å². The van der Waals surface area contributed by atoms with Crippen LogP contribution in [0.2, 0.25) is 0 Å². The maximum Gasteiger partial charge on any atom is 0.275 e. The standard InChI is InChI=1S/C19H26N6O2/c1-12(2)20-17(26)7-6-13-10-14-11-24(8-9-25(14)23-13)19(27)18-15-4-3-5-16(15)21-22-18/h10,12H,3-9,11H2,1-2H3,(H,20,26)(H,21,22). The first-order chi connectivity index (χ1) is 13.0. The lowest BCUT2D eigenvalue weighted by molar-refractivity contribution is -0.121. The zero-order valence-electron chi connectivity index (χ0n) is 15.9. The number of nitrogens with one attached hydrogen (secondary N) is 2.